The summed E-state index contributed by atoms with van der Waals surface area (Å²) < 4.78 is 2.16. The summed E-state index contributed by atoms with van der Waals surface area (Å²) in [5, 5.41) is 6.11. The summed E-state index contributed by atoms with van der Waals surface area (Å²) in [6, 6.07) is 2.60. The van der Waals surface area contributed by atoms with E-state index in [9.17, 15) is 4.79 Å². The van der Waals surface area contributed by atoms with Crippen molar-refractivity contribution in [2.24, 2.45) is 0 Å². The highest BCUT2D eigenvalue weighted by Gasteiger charge is 2.08. The Morgan fingerprint density at radius 3 is 2.83 bits per heavy atom. The lowest BCUT2D eigenvalue weighted by molar-refractivity contribution is -0.120. The van der Waals surface area contributed by atoms with E-state index in [4.69, 9.17) is 0 Å². The summed E-state index contributed by atoms with van der Waals surface area (Å²) >= 11 is 0. The lowest BCUT2D eigenvalue weighted by Gasteiger charge is -2.13. The minimum atomic E-state index is 0.112. The minimum absolute atomic E-state index is 0.112. The summed E-state index contributed by atoms with van der Waals surface area (Å²) in [5.74, 6) is 0.112. The van der Waals surface area contributed by atoms with Gasteiger partial charge >= 0.3 is 0 Å². The van der Waals surface area contributed by atoms with Crippen molar-refractivity contribution in [2.75, 3.05) is 13.6 Å². The van der Waals surface area contributed by atoms with Gasteiger partial charge in [-0.05, 0) is 31.0 Å². The Labute approximate surface area is 110 Å². The van der Waals surface area contributed by atoms with Gasteiger partial charge in [0.2, 0.25) is 5.91 Å². The van der Waals surface area contributed by atoms with Crippen molar-refractivity contribution >= 4 is 5.91 Å². The molecule has 0 radical (unpaired) electrons. The van der Waals surface area contributed by atoms with Crippen molar-refractivity contribution in [1.29, 1.82) is 0 Å². The number of aryl methyl sites for hydroxylation is 1. The van der Waals surface area contributed by atoms with E-state index < -0.39 is 0 Å². The van der Waals surface area contributed by atoms with Gasteiger partial charge in [0.05, 0.1) is 0 Å². The first kappa shape index (κ1) is 14.8. The molecule has 0 spiro atoms. The normalized spacial score (nSPS) is 12.4. The predicted molar refractivity (Wildman–Crippen MR) is 74.4 cm³/mol. The Morgan fingerprint density at radius 2 is 2.22 bits per heavy atom. The Hall–Kier alpha value is -1.29. The lowest BCUT2D eigenvalue weighted by Crippen LogP contribution is -2.19. The van der Waals surface area contributed by atoms with Gasteiger partial charge in [0.15, 0.2) is 0 Å². The predicted octanol–water partition coefficient (Wildman–Crippen LogP) is 2.07. The van der Waals surface area contributed by atoms with Gasteiger partial charge in [-0.15, -0.1) is 0 Å². The highest BCUT2D eigenvalue weighted by Crippen LogP contribution is 2.16. The third kappa shape index (κ3) is 4.53. The summed E-state index contributed by atoms with van der Waals surface area (Å²) in [5.41, 5.74) is 1.33. The van der Waals surface area contributed by atoms with Crippen LogP contribution in [0.25, 0.3) is 0 Å². The molecule has 0 bridgehead atoms. The molecule has 2 N–H and O–H groups in total. The Bertz CT molecular complexity index is 360. The van der Waals surface area contributed by atoms with Gasteiger partial charge in [0.1, 0.15) is 0 Å². The molecule has 1 atom stereocenters. The van der Waals surface area contributed by atoms with Gasteiger partial charge < -0.3 is 15.2 Å². The van der Waals surface area contributed by atoms with Crippen LogP contribution in [0.15, 0.2) is 18.5 Å². The quantitative estimate of drug-likeness (QED) is 0.743. The third-order valence-electron chi connectivity index (χ3n) is 3.13. The molecule has 0 aliphatic heterocycles. The van der Waals surface area contributed by atoms with E-state index in [1.54, 1.807) is 7.05 Å². The van der Waals surface area contributed by atoms with Crippen LogP contribution in [0.5, 0.6) is 0 Å². The van der Waals surface area contributed by atoms with E-state index in [0.29, 0.717) is 12.5 Å². The number of rotatable bonds is 8. The second-order valence-electron chi connectivity index (χ2n) is 4.48. The maximum absolute atomic E-state index is 11.1. The van der Waals surface area contributed by atoms with Crippen molar-refractivity contribution < 1.29 is 4.79 Å². The highest BCUT2D eigenvalue weighted by molar-refractivity contribution is 5.75. The molecule has 0 aliphatic carbocycles. The van der Waals surface area contributed by atoms with E-state index in [-0.39, 0.29) is 5.91 Å². The fourth-order valence-corrected chi connectivity index (χ4v) is 2.10. The van der Waals surface area contributed by atoms with Crippen LogP contribution in [0.1, 0.15) is 44.7 Å². The van der Waals surface area contributed by atoms with Crippen molar-refractivity contribution in [3.8, 4) is 0 Å². The van der Waals surface area contributed by atoms with Crippen LogP contribution in [-0.2, 0) is 11.3 Å². The third-order valence-corrected chi connectivity index (χ3v) is 3.13. The first-order valence-electron chi connectivity index (χ1n) is 6.80. The first-order valence-corrected chi connectivity index (χ1v) is 6.80. The molecule has 0 saturated heterocycles. The fourth-order valence-electron chi connectivity index (χ4n) is 2.10. The smallest absolute Gasteiger partial charge is 0.219 e. The van der Waals surface area contributed by atoms with Crippen molar-refractivity contribution in [3.05, 3.63) is 24.0 Å². The number of hydrogen-bond donors (Lipinski definition) is 2. The number of aromatic nitrogens is 1. The second kappa shape index (κ2) is 7.93. The number of carbonyl (C=O) groups is 1. The molecule has 1 aromatic rings. The zero-order valence-corrected chi connectivity index (χ0v) is 11.7. The molecular weight excluding hydrogens is 226 g/mol. The molecule has 0 fully saturated rings. The SMILES string of the molecule is CCNC(CC)c1ccn(CCCC(=O)NC)c1. The largest absolute Gasteiger partial charge is 0.359 e. The van der Waals surface area contributed by atoms with Gasteiger partial charge in [-0.3, -0.25) is 4.79 Å². The molecule has 1 unspecified atom stereocenters. The van der Waals surface area contributed by atoms with Crippen LogP contribution >= 0.6 is 0 Å². The van der Waals surface area contributed by atoms with Gasteiger partial charge in [-0.2, -0.15) is 0 Å². The topological polar surface area (TPSA) is 46.1 Å². The van der Waals surface area contributed by atoms with Crippen molar-refractivity contribution in [2.45, 2.75) is 45.7 Å². The Morgan fingerprint density at radius 1 is 1.44 bits per heavy atom. The van der Waals surface area contributed by atoms with Crippen LogP contribution in [0, 0.1) is 0 Å². The average molecular weight is 251 g/mol. The van der Waals surface area contributed by atoms with Gasteiger partial charge in [0, 0.05) is 38.4 Å². The molecule has 4 nitrogen and oxygen atoms in total. The van der Waals surface area contributed by atoms with Crippen LogP contribution in [0.4, 0.5) is 0 Å². The minimum Gasteiger partial charge on any atom is -0.359 e. The van der Waals surface area contributed by atoms with Crippen molar-refractivity contribution in [1.82, 2.24) is 15.2 Å². The molecule has 18 heavy (non-hydrogen) atoms. The Kier molecular flexibility index (Phi) is 6.50. The highest BCUT2D eigenvalue weighted by atomic mass is 16.1. The number of carbonyl (C=O) groups excluding carboxylic acids is 1. The zero-order valence-electron chi connectivity index (χ0n) is 11.7. The number of nitrogens with zero attached hydrogens (tertiary/aromatic N) is 1. The average Bonchev–Trinajstić information content (AvgIpc) is 2.84. The van der Waals surface area contributed by atoms with Crippen LogP contribution in [0.2, 0.25) is 0 Å². The van der Waals surface area contributed by atoms with E-state index in [1.807, 2.05) is 0 Å². The molecular formula is C14H25N3O. The standard InChI is InChI=1S/C14H25N3O/c1-4-13(16-5-2)12-8-10-17(11-12)9-6-7-14(18)15-3/h8,10-11,13,16H,4-7,9H2,1-3H3,(H,15,18). The molecule has 0 aliphatic rings. The molecule has 102 valence electrons. The fraction of sp³-hybridized carbons (Fsp3) is 0.643. The van der Waals surface area contributed by atoms with Gasteiger partial charge in [0.25, 0.3) is 0 Å². The van der Waals surface area contributed by atoms with Crippen LogP contribution in [-0.4, -0.2) is 24.1 Å². The summed E-state index contributed by atoms with van der Waals surface area (Å²) in [7, 11) is 1.68. The van der Waals surface area contributed by atoms with E-state index in [0.717, 1.165) is 25.9 Å². The van der Waals surface area contributed by atoms with E-state index >= 15 is 0 Å². The van der Waals surface area contributed by atoms with Gasteiger partial charge in [-0.25, -0.2) is 0 Å². The zero-order chi connectivity index (χ0) is 13.4. The molecule has 1 amide bonds. The summed E-state index contributed by atoms with van der Waals surface area (Å²) in [4.78, 5) is 11.1. The molecule has 0 saturated carbocycles. The van der Waals surface area contributed by atoms with E-state index in [2.05, 4.69) is 47.5 Å². The number of amides is 1. The van der Waals surface area contributed by atoms with Crippen molar-refractivity contribution in [3.63, 3.8) is 0 Å². The second-order valence-corrected chi connectivity index (χ2v) is 4.48. The number of hydrogen-bond acceptors (Lipinski definition) is 2. The van der Waals surface area contributed by atoms with Crippen LogP contribution in [0.3, 0.4) is 0 Å². The molecule has 1 aromatic heterocycles. The summed E-state index contributed by atoms with van der Waals surface area (Å²) in [6.45, 7) is 6.20. The molecule has 4 heteroatoms. The molecule has 1 heterocycles. The van der Waals surface area contributed by atoms with E-state index in [1.165, 1.54) is 5.56 Å². The number of nitrogens with one attached hydrogen (secondary N) is 2. The van der Waals surface area contributed by atoms with Crippen LogP contribution < -0.4 is 10.6 Å². The maximum Gasteiger partial charge on any atom is 0.219 e. The Balaban J connectivity index is 2.44. The monoisotopic (exact) mass is 251 g/mol. The molecule has 0 aromatic carbocycles. The molecule has 1 rings (SSSR count). The first-order chi connectivity index (χ1) is 8.71. The maximum atomic E-state index is 11.1. The lowest BCUT2D eigenvalue weighted by atomic mass is 10.1. The summed E-state index contributed by atoms with van der Waals surface area (Å²) in [6.07, 6.45) is 6.84. The van der Waals surface area contributed by atoms with Gasteiger partial charge in [-0.1, -0.05) is 13.8 Å².